The summed E-state index contributed by atoms with van der Waals surface area (Å²) >= 11 is 4.84. The van der Waals surface area contributed by atoms with Gasteiger partial charge in [-0.1, -0.05) is 62.3 Å². The molecule has 2 aromatic carbocycles. The fraction of sp³-hybridized carbons (Fsp3) is 0.549. The van der Waals surface area contributed by atoms with Gasteiger partial charge < -0.3 is 29.2 Å². The highest BCUT2D eigenvalue weighted by Gasteiger charge is 2.47. The van der Waals surface area contributed by atoms with Crippen LogP contribution in [0.3, 0.4) is 0 Å². The minimum absolute atomic E-state index is 0.00121. The van der Waals surface area contributed by atoms with E-state index in [2.05, 4.69) is 155 Å². The van der Waals surface area contributed by atoms with E-state index in [4.69, 9.17) is 18.9 Å². The summed E-state index contributed by atoms with van der Waals surface area (Å²) in [6, 6.07) is 11.0. The topological polar surface area (TPSA) is 144 Å². The van der Waals surface area contributed by atoms with Crippen molar-refractivity contribution in [1.29, 1.82) is 0 Å². The second kappa shape index (κ2) is 26.2. The van der Waals surface area contributed by atoms with Crippen molar-refractivity contribution in [3.8, 4) is 0 Å². The number of allylic oxidation sites excluding steroid dienone is 8. The van der Waals surface area contributed by atoms with Crippen LogP contribution in [0.25, 0.3) is 0 Å². The maximum absolute atomic E-state index is 12.6. The van der Waals surface area contributed by atoms with E-state index in [-0.39, 0.29) is 41.5 Å². The molecule has 2 aromatic rings. The van der Waals surface area contributed by atoms with Crippen LogP contribution in [0.15, 0.2) is 78.6 Å². The highest BCUT2D eigenvalue weighted by atomic mass is 127. The highest BCUT2D eigenvalue weighted by molar-refractivity contribution is 14.1. The Morgan fingerprint density at radius 1 is 0.848 bits per heavy atom. The van der Waals surface area contributed by atoms with E-state index in [1.165, 1.54) is 29.7 Å². The minimum Gasteiger partial charge on any atom is -0.460 e. The summed E-state index contributed by atoms with van der Waals surface area (Å²) in [5.41, 5.74) is 7.52. The van der Waals surface area contributed by atoms with Gasteiger partial charge in [-0.2, -0.15) is 13.0 Å². The molecule has 2 heterocycles. The largest absolute Gasteiger partial charge is 0.460 e. The van der Waals surface area contributed by atoms with Gasteiger partial charge in [0.15, 0.2) is 5.71 Å². The Morgan fingerprint density at radius 2 is 1.52 bits per heavy atom. The van der Waals surface area contributed by atoms with Gasteiger partial charge in [-0.15, -0.1) is 0 Å². The predicted octanol–water partition coefficient (Wildman–Crippen LogP) is 10.1. The van der Waals surface area contributed by atoms with Crippen LogP contribution in [0.4, 0.5) is 11.4 Å². The number of halogens is 2. The zero-order valence-electron chi connectivity index (χ0n) is 40.2. The van der Waals surface area contributed by atoms with Gasteiger partial charge >= 0.3 is 5.97 Å². The number of esters is 1. The van der Waals surface area contributed by atoms with Crippen LogP contribution in [0.2, 0.25) is 0 Å². The number of hydrogen-bond donors (Lipinski definition) is 2. The van der Waals surface area contributed by atoms with E-state index in [1.807, 2.05) is 32.9 Å². The number of anilines is 1. The third-order valence-corrected chi connectivity index (χ3v) is 13.9. The number of unbranched alkanes of at least 4 members (excludes halogenated alkanes) is 3. The molecular weight excluding hydrogens is 1080 g/mol. The molecule has 0 saturated heterocycles. The minimum atomic E-state index is -4.04. The first-order chi connectivity index (χ1) is 31.1. The number of aryl methyl sites for hydroxylation is 1. The summed E-state index contributed by atoms with van der Waals surface area (Å²) in [5, 5.41) is 2.94. The Hall–Kier alpha value is -2.94. The van der Waals surface area contributed by atoms with Crippen LogP contribution >= 0.6 is 45.2 Å². The van der Waals surface area contributed by atoms with Crippen LogP contribution in [0.5, 0.6) is 0 Å². The molecule has 66 heavy (non-hydrogen) atoms. The zero-order valence-corrected chi connectivity index (χ0v) is 45.4. The fourth-order valence-electron chi connectivity index (χ4n) is 8.53. The Bertz CT molecular complexity index is 2250. The number of nitrogens with zero attached hydrogens (tertiary/aromatic N) is 2. The number of benzene rings is 2. The van der Waals surface area contributed by atoms with Crippen LogP contribution in [-0.4, -0.2) is 106 Å². The average molecular weight is 1160 g/mol. The molecular formula is C51H72I2N3O9S+. The van der Waals surface area contributed by atoms with Crippen molar-refractivity contribution in [2.45, 2.75) is 116 Å². The van der Waals surface area contributed by atoms with E-state index >= 15 is 0 Å². The summed E-state index contributed by atoms with van der Waals surface area (Å²) in [4.78, 5) is 26.6. The van der Waals surface area contributed by atoms with Gasteiger partial charge in [0.2, 0.25) is 11.6 Å². The molecule has 0 radical (unpaired) electrons. The molecule has 2 N–H and O–H groups in total. The van der Waals surface area contributed by atoms with Crippen molar-refractivity contribution >= 4 is 84.3 Å². The zero-order chi connectivity index (χ0) is 48.5. The molecule has 364 valence electrons. The smallest absolute Gasteiger partial charge is 0.308 e. The fourth-order valence-corrected chi connectivity index (χ4v) is 11.6. The normalized spacial score (nSPS) is 17.8. The third-order valence-electron chi connectivity index (χ3n) is 11.7. The lowest BCUT2D eigenvalue weighted by atomic mass is 9.75. The molecule has 0 saturated carbocycles. The van der Waals surface area contributed by atoms with Gasteiger partial charge in [0, 0.05) is 73.6 Å². The quantitative estimate of drug-likeness (QED) is 0.0222. The lowest BCUT2D eigenvalue weighted by Crippen LogP contribution is -2.31. The number of nitrogens with one attached hydrogen (secondary N) is 1. The van der Waals surface area contributed by atoms with Gasteiger partial charge in [0.05, 0.1) is 57.2 Å². The molecule has 0 fully saturated rings. The number of hydrogen-bond acceptors (Lipinski definition) is 9. The summed E-state index contributed by atoms with van der Waals surface area (Å²) in [7, 11) is -1.90. The van der Waals surface area contributed by atoms with Gasteiger partial charge in [-0.3, -0.25) is 14.1 Å². The molecule has 12 nitrogen and oxygen atoms in total. The third kappa shape index (κ3) is 17.2. The lowest BCUT2D eigenvalue weighted by molar-refractivity contribution is -0.438. The van der Waals surface area contributed by atoms with Crippen LogP contribution < -0.4 is 10.2 Å². The molecule has 1 unspecified atom stereocenters. The number of rotatable bonds is 27. The second-order valence-corrected chi connectivity index (χ2v) is 22.6. The Balaban J connectivity index is 1.29. The van der Waals surface area contributed by atoms with E-state index in [0.29, 0.717) is 58.8 Å². The van der Waals surface area contributed by atoms with E-state index in [9.17, 15) is 22.6 Å². The average Bonchev–Trinajstić information content (AvgIpc) is 3.56. The molecule has 2 aliphatic heterocycles. The highest BCUT2D eigenvalue weighted by Crippen LogP contribution is 2.49. The molecule has 0 spiro atoms. The Morgan fingerprint density at radius 3 is 2.21 bits per heavy atom. The molecule has 1 amide bonds. The monoisotopic (exact) mass is 1160 g/mol. The number of likely N-dealkylation sites (N-methyl/N-ethyl adjacent to an activating group) is 1. The molecule has 0 aliphatic carbocycles. The van der Waals surface area contributed by atoms with Crippen molar-refractivity contribution in [3.63, 3.8) is 0 Å². The number of amides is 1. The van der Waals surface area contributed by atoms with Gasteiger partial charge in [0.25, 0.3) is 10.1 Å². The van der Waals surface area contributed by atoms with Crippen LogP contribution in [0, 0.1) is 14.1 Å². The standard InChI is InChI=1S/C51H71I2N3O9S/c1-38-22-23-42-40(35-38)51(7,25-16-18-34-66(59,60)61)45(20-14-11-9-10-13-19-44-50(5,6)48-41(53)36-39(52)37-43(48)55(44)8)56(42)27-17-12-15-21-46(57)54-26-29-63-31-33-64-32-30-62-28-24-47(58)65-49(2,3)4/h9-11,13-14,19-20,22-23,35-37H,12,15-18,21,24-34H2,1-8H3,(H-,54,57,59,60,61)/p+1. The first-order valence-corrected chi connectivity index (χ1v) is 26.8. The first kappa shape index (κ1) is 55.7. The summed E-state index contributed by atoms with van der Waals surface area (Å²) in [6.45, 7) is 17.9. The summed E-state index contributed by atoms with van der Waals surface area (Å²) in [6.07, 6.45) is 19.6. The van der Waals surface area contributed by atoms with E-state index < -0.39 is 15.7 Å². The van der Waals surface area contributed by atoms with E-state index in [0.717, 1.165) is 49.2 Å². The summed E-state index contributed by atoms with van der Waals surface area (Å²) < 4.78 is 59.2. The molecule has 2 aliphatic rings. The number of carbonyl (C=O) groups excluding carboxylic acids is 2. The molecule has 0 bridgehead atoms. The molecule has 4 rings (SSSR count). The Labute approximate surface area is 421 Å². The molecule has 15 heteroatoms. The van der Waals surface area contributed by atoms with Crippen molar-refractivity contribution in [3.05, 3.63) is 102 Å². The van der Waals surface area contributed by atoms with Crippen molar-refractivity contribution < 1.29 is 46.1 Å². The van der Waals surface area contributed by atoms with Crippen LogP contribution in [0.1, 0.15) is 110 Å². The number of fused-ring (bicyclic) bond motifs is 2. The lowest BCUT2D eigenvalue weighted by Gasteiger charge is -2.24. The first-order valence-electron chi connectivity index (χ1n) is 23.0. The van der Waals surface area contributed by atoms with Crippen molar-refractivity contribution in [1.82, 2.24) is 5.32 Å². The maximum atomic E-state index is 12.6. The Kier molecular flexibility index (Phi) is 22.1. The number of carbonyl (C=O) groups is 2. The predicted molar refractivity (Wildman–Crippen MR) is 282 cm³/mol. The van der Waals surface area contributed by atoms with Gasteiger partial charge in [-0.05, 0) is 130 Å². The summed E-state index contributed by atoms with van der Waals surface area (Å²) in [5.74, 6) is -0.541. The van der Waals surface area contributed by atoms with Crippen molar-refractivity contribution in [2.24, 2.45) is 0 Å². The van der Waals surface area contributed by atoms with E-state index in [1.54, 1.807) is 0 Å². The van der Waals surface area contributed by atoms with Gasteiger partial charge in [0.1, 0.15) is 12.1 Å². The van der Waals surface area contributed by atoms with Crippen molar-refractivity contribution in [2.75, 3.05) is 70.4 Å². The SMILES string of the molecule is Cc1ccc2c(c1)C(C)(CCCCS(=O)(=O)O)C(/C=C/C=C/C=C/C=C1\N(C)c3cc(I)cc(I)c3C1(C)C)=[N+]2CCCCCC(=O)NCCOCCOCCOCCC(=O)OC(C)(C)C. The molecule has 0 aromatic heterocycles. The second-order valence-electron chi connectivity index (χ2n) is 18.6. The molecule has 1 atom stereocenters. The maximum Gasteiger partial charge on any atom is 0.308 e. The van der Waals surface area contributed by atoms with Gasteiger partial charge in [-0.25, -0.2) is 0 Å². The van der Waals surface area contributed by atoms with Crippen LogP contribution in [-0.2, 0) is 49.5 Å². The number of ether oxygens (including phenoxy) is 4.